The first kappa shape index (κ1) is 18.8. The zero-order valence-corrected chi connectivity index (χ0v) is 14.1. The Morgan fingerprint density at radius 1 is 1.36 bits per heavy atom. The molecule has 0 saturated carbocycles. The molecule has 0 amide bonds. The second-order valence-corrected chi connectivity index (χ2v) is 11.8. The highest BCUT2D eigenvalue weighted by molar-refractivity contribution is 6.76. The van der Waals surface area contributed by atoms with Crippen molar-refractivity contribution in [3.05, 3.63) is 35.7 Å². The number of alkyl halides is 3. The van der Waals surface area contributed by atoms with Crippen molar-refractivity contribution in [2.24, 2.45) is 0 Å². The third-order valence-corrected chi connectivity index (χ3v) is 4.54. The van der Waals surface area contributed by atoms with Crippen LogP contribution in [-0.4, -0.2) is 44.3 Å². The van der Waals surface area contributed by atoms with Crippen LogP contribution in [0.1, 0.15) is 0 Å². The number of hydrogen-bond acceptors (Lipinski definition) is 4. The van der Waals surface area contributed by atoms with Gasteiger partial charge in [-0.15, -0.1) is 0 Å². The van der Waals surface area contributed by atoms with Crippen LogP contribution in [0.25, 0.3) is 0 Å². The van der Waals surface area contributed by atoms with Crippen molar-refractivity contribution in [2.45, 2.75) is 31.9 Å². The Bertz CT molecular complexity index is 454. The lowest BCUT2D eigenvalue weighted by Crippen LogP contribution is -2.38. The van der Waals surface area contributed by atoms with Gasteiger partial charge in [0.25, 0.3) is 0 Å². The van der Waals surface area contributed by atoms with E-state index >= 15 is 0 Å². The van der Waals surface area contributed by atoms with E-state index in [4.69, 9.17) is 9.84 Å². The molecule has 1 aliphatic heterocycles. The molecule has 1 aliphatic rings. The zero-order valence-electron chi connectivity index (χ0n) is 13.1. The van der Waals surface area contributed by atoms with Gasteiger partial charge < -0.3 is 9.84 Å². The first-order valence-corrected chi connectivity index (χ1v) is 10.7. The largest absolute Gasteiger partial charge is 0.417 e. The van der Waals surface area contributed by atoms with Gasteiger partial charge in [0.2, 0.25) is 0 Å². The van der Waals surface area contributed by atoms with Gasteiger partial charge in [0.1, 0.15) is 6.73 Å². The quantitative estimate of drug-likeness (QED) is 0.554. The highest BCUT2D eigenvalue weighted by Crippen LogP contribution is 2.29. The molecule has 0 aromatic heterocycles. The predicted molar refractivity (Wildman–Crippen MR) is 82.4 cm³/mol. The molecule has 126 valence electrons. The summed E-state index contributed by atoms with van der Waals surface area (Å²) >= 11 is 0. The van der Waals surface area contributed by atoms with Crippen LogP contribution in [0.4, 0.5) is 13.2 Å². The van der Waals surface area contributed by atoms with Crippen LogP contribution in [0.15, 0.2) is 35.7 Å². The molecule has 0 bridgehead atoms. The summed E-state index contributed by atoms with van der Waals surface area (Å²) < 4.78 is 44.1. The van der Waals surface area contributed by atoms with Crippen molar-refractivity contribution in [2.75, 3.05) is 19.9 Å². The van der Waals surface area contributed by atoms with Crippen LogP contribution < -0.4 is 5.43 Å². The summed E-state index contributed by atoms with van der Waals surface area (Å²) in [5.74, 6) is 0. The molecule has 1 rings (SSSR count). The summed E-state index contributed by atoms with van der Waals surface area (Å²) in [6, 6.07) is 0.948. The predicted octanol–water partition coefficient (Wildman–Crippen LogP) is 3.00. The first-order chi connectivity index (χ1) is 10.1. The number of hydrogen-bond donors (Lipinski definition) is 2. The maximum absolute atomic E-state index is 12.9. The highest BCUT2D eigenvalue weighted by atomic mass is 28.3. The number of nitrogens with one attached hydrogen (secondary N) is 1. The Morgan fingerprint density at radius 2 is 2.05 bits per heavy atom. The van der Waals surface area contributed by atoms with Crippen molar-refractivity contribution < 1.29 is 23.0 Å². The third kappa shape index (κ3) is 7.14. The molecule has 0 fully saturated rings. The van der Waals surface area contributed by atoms with Crippen LogP contribution in [0.2, 0.25) is 25.7 Å². The Labute approximate surface area is 129 Å². The number of hydrazine groups is 1. The molecule has 0 unspecified atom stereocenters. The fourth-order valence-electron chi connectivity index (χ4n) is 1.63. The number of allylic oxidation sites excluding steroid dienone is 3. The molecular weight excluding hydrogens is 313 g/mol. The van der Waals surface area contributed by atoms with Gasteiger partial charge in [-0.3, -0.25) is 10.4 Å². The van der Waals surface area contributed by atoms with Gasteiger partial charge in [-0.25, -0.2) is 0 Å². The summed E-state index contributed by atoms with van der Waals surface area (Å²) in [7, 11) is -1.23. The summed E-state index contributed by atoms with van der Waals surface area (Å²) in [4.78, 5) is 0. The number of nitrogens with zero attached hydrogens (tertiary/aromatic N) is 1. The number of ether oxygens (including phenoxy) is 1. The fraction of sp³-hybridized carbons (Fsp3) is 0.571. The minimum atomic E-state index is -4.43. The number of halogens is 3. The van der Waals surface area contributed by atoms with Gasteiger partial charge in [0.05, 0.1) is 17.9 Å². The van der Waals surface area contributed by atoms with E-state index in [9.17, 15) is 13.2 Å². The zero-order chi connectivity index (χ0) is 16.8. The van der Waals surface area contributed by atoms with Gasteiger partial charge in [-0.05, 0) is 18.2 Å². The van der Waals surface area contributed by atoms with Crippen LogP contribution in [0.3, 0.4) is 0 Å². The Balaban J connectivity index is 2.65. The average molecular weight is 336 g/mol. The molecule has 2 N–H and O–H groups in total. The highest BCUT2D eigenvalue weighted by Gasteiger charge is 2.34. The Kier molecular flexibility index (Phi) is 6.70. The van der Waals surface area contributed by atoms with Gasteiger partial charge >= 0.3 is 6.18 Å². The molecule has 0 aromatic rings. The molecule has 0 aromatic carbocycles. The Hall–Kier alpha value is -1.25. The van der Waals surface area contributed by atoms with Crippen LogP contribution >= 0.6 is 0 Å². The van der Waals surface area contributed by atoms with E-state index in [2.05, 4.69) is 25.1 Å². The summed E-state index contributed by atoms with van der Waals surface area (Å²) in [5, 5.41) is 9.98. The molecule has 0 saturated heterocycles. The van der Waals surface area contributed by atoms with Crippen LogP contribution in [0, 0.1) is 0 Å². The lowest BCUT2D eigenvalue weighted by Gasteiger charge is -2.28. The standard InChI is InChI=1S/C14H23F3N2O2Si/c1-22(2,3)8-7-21-11-19-10-12(14(15,16)17)9-13(18-19)5-4-6-20/h4-5,9-10,18,20H,6-8,11H2,1-3H3/b5-4+. The minimum Gasteiger partial charge on any atom is -0.392 e. The third-order valence-electron chi connectivity index (χ3n) is 2.84. The van der Waals surface area contributed by atoms with E-state index < -0.39 is 19.8 Å². The van der Waals surface area contributed by atoms with E-state index in [1.165, 1.54) is 17.2 Å². The first-order valence-electron chi connectivity index (χ1n) is 7.01. The van der Waals surface area contributed by atoms with Crippen molar-refractivity contribution in [1.29, 1.82) is 0 Å². The molecule has 0 spiro atoms. The average Bonchev–Trinajstić information content (AvgIpc) is 2.39. The number of aliphatic hydroxyl groups is 1. The molecule has 0 aliphatic carbocycles. The van der Waals surface area contributed by atoms with E-state index in [0.717, 1.165) is 18.3 Å². The fourth-order valence-corrected chi connectivity index (χ4v) is 2.39. The van der Waals surface area contributed by atoms with Gasteiger partial charge in [0.15, 0.2) is 0 Å². The lowest BCUT2D eigenvalue weighted by atomic mass is 10.2. The Morgan fingerprint density at radius 3 is 2.59 bits per heavy atom. The van der Waals surface area contributed by atoms with Crippen molar-refractivity contribution in [3.8, 4) is 0 Å². The van der Waals surface area contributed by atoms with Crippen LogP contribution in [0.5, 0.6) is 0 Å². The van der Waals surface area contributed by atoms with E-state index in [0.29, 0.717) is 6.61 Å². The molecule has 0 radical (unpaired) electrons. The van der Waals surface area contributed by atoms with Gasteiger partial charge in [-0.1, -0.05) is 25.7 Å². The maximum Gasteiger partial charge on any atom is 0.417 e. The van der Waals surface area contributed by atoms with Crippen molar-refractivity contribution >= 4 is 8.07 Å². The molecule has 1 heterocycles. The van der Waals surface area contributed by atoms with Crippen molar-refractivity contribution in [3.63, 3.8) is 0 Å². The van der Waals surface area contributed by atoms with E-state index in [-0.39, 0.29) is 19.0 Å². The summed E-state index contributed by atoms with van der Waals surface area (Å²) in [5.41, 5.74) is 2.28. The van der Waals surface area contributed by atoms with Crippen LogP contribution in [-0.2, 0) is 4.74 Å². The topological polar surface area (TPSA) is 44.7 Å². The van der Waals surface area contributed by atoms with Crippen molar-refractivity contribution in [1.82, 2.24) is 10.4 Å². The second-order valence-electron chi connectivity index (χ2n) is 6.20. The number of rotatable bonds is 7. The smallest absolute Gasteiger partial charge is 0.392 e. The van der Waals surface area contributed by atoms with Gasteiger partial charge in [0, 0.05) is 20.9 Å². The van der Waals surface area contributed by atoms with E-state index in [1.807, 2.05) is 0 Å². The molecule has 4 nitrogen and oxygen atoms in total. The monoisotopic (exact) mass is 336 g/mol. The van der Waals surface area contributed by atoms with E-state index in [1.54, 1.807) is 0 Å². The SMILES string of the molecule is C[Si](C)(C)CCOCN1C=C(C(F)(F)F)C=C(/C=C/CO)N1. The molecule has 8 heteroatoms. The molecular formula is C14H23F3N2O2Si. The summed E-state index contributed by atoms with van der Waals surface area (Å²) in [6.45, 7) is 6.92. The summed E-state index contributed by atoms with van der Waals surface area (Å²) in [6.07, 6.45) is 0.294. The lowest BCUT2D eigenvalue weighted by molar-refractivity contribution is -0.0911. The maximum atomic E-state index is 12.9. The second kappa shape index (κ2) is 7.84. The number of aliphatic hydroxyl groups excluding tert-OH is 1. The molecule has 0 atom stereocenters. The molecule has 22 heavy (non-hydrogen) atoms. The normalized spacial score (nSPS) is 16.6. The minimum absolute atomic E-state index is 0.0222. The van der Waals surface area contributed by atoms with Gasteiger partial charge in [-0.2, -0.15) is 13.2 Å².